The van der Waals surface area contributed by atoms with Crippen LogP contribution in [-0.4, -0.2) is 39.5 Å². The standard InChI is InChI=1S/C12H20N2O3S/c1-3-14(7-8-17-2)18(15,16)12-6-4-5-11(9-12)10-13/h4-6,9H,3,7-8,10,13H2,1-2H3. The van der Waals surface area contributed by atoms with Gasteiger partial charge < -0.3 is 10.5 Å². The van der Waals surface area contributed by atoms with Crippen LogP contribution in [0.5, 0.6) is 0 Å². The fraction of sp³-hybridized carbons (Fsp3) is 0.500. The topological polar surface area (TPSA) is 72.6 Å². The zero-order valence-electron chi connectivity index (χ0n) is 10.8. The molecule has 0 aliphatic heterocycles. The number of likely N-dealkylation sites (N-methyl/N-ethyl adjacent to an activating group) is 1. The van der Waals surface area contributed by atoms with E-state index in [2.05, 4.69) is 0 Å². The van der Waals surface area contributed by atoms with E-state index in [1.807, 2.05) is 6.07 Å². The van der Waals surface area contributed by atoms with Crippen LogP contribution in [0.4, 0.5) is 0 Å². The summed E-state index contributed by atoms with van der Waals surface area (Å²) in [5, 5.41) is 0. The quantitative estimate of drug-likeness (QED) is 0.797. The molecule has 102 valence electrons. The molecular formula is C12H20N2O3S. The molecule has 1 aromatic carbocycles. The zero-order chi connectivity index (χ0) is 13.6. The van der Waals surface area contributed by atoms with E-state index in [1.54, 1.807) is 32.2 Å². The van der Waals surface area contributed by atoms with Crippen LogP contribution in [0, 0.1) is 0 Å². The van der Waals surface area contributed by atoms with Gasteiger partial charge in [0.15, 0.2) is 0 Å². The molecule has 0 aromatic heterocycles. The Morgan fingerprint density at radius 1 is 1.39 bits per heavy atom. The lowest BCUT2D eigenvalue weighted by atomic mass is 10.2. The Morgan fingerprint density at radius 3 is 2.67 bits per heavy atom. The van der Waals surface area contributed by atoms with E-state index in [-0.39, 0.29) is 4.90 Å². The molecule has 6 heteroatoms. The highest BCUT2D eigenvalue weighted by Crippen LogP contribution is 2.16. The second-order valence-corrected chi connectivity index (χ2v) is 5.78. The predicted molar refractivity (Wildman–Crippen MR) is 70.6 cm³/mol. The first-order chi connectivity index (χ1) is 8.56. The molecule has 1 rings (SSSR count). The van der Waals surface area contributed by atoms with Crippen LogP contribution < -0.4 is 5.73 Å². The summed E-state index contributed by atoms with van der Waals surface area (Å²) in [6.45, 7) is 3.28. The third-order valence-electron chi connectivity index (χ3n) is 2.67. The Morgan fingerprint density at radius 2 is 2.11 bits per heavy atom. The lowest BCUT2D eigenvalue weighted by Crippen LogP contribution is -2.33. The number of hydrogen-bond acceptors (Lipinski definition) is 4. The van der Waals surface area contributed by atoms with Gasteiger partial charge in [0.25, 0.3) is 0 Å². The summed E-state index contributed by atoms with van der Waals surface area (Å²) in [5.41, 5.74) is 6.33. The van der Waals surface area contributed by atoms with Crippen LogP contribution in [0.2, 0.25) is 0 Å². The van der Waals surface area contributed by atoms with Crippen LogP contribution >= 0.6 is 0 Å². The smallest absolute Gasteiger partial charge is 0.243 e. The summed E-state index contributed by atoms with van der Waals surface area (Å²) >= 11 is 0. The highest BCUT2D eigenvalue weighted by molar-refractivity contribution is 7.89. The van der Waals surface area contributed by atoms with E-state index < -0.39 is 10.0 Å². The number of rotatable bonds is 7. The molecule has 2 N–H and O–H groups in total. The molecule has 0 unspecified atom stereocenters. The van der Waals surface area contributed by atoms with Gasteiger partial charge in [0.1, 0.15) is 0 Å². The highest BCUT2D eigenvalue weighted by Gasteiger charge is 2.22. The third-order valence-corrected chi connectivity index (χ3v) is 4.64. The number of ether oxygens (including phenoxy) is 1. The molecule has 0 fully saturated rings. The number of hydrogen-bond donors (Lipinski definition) is 1. The Balaban J connectivity index is 3.02. The summed E-state index contributed by atoms with van der Waals surface area (Å²) in [6.07, 6.45) is 0. The van der Waals surface area contributed by atoms with Crippen LogP contribution in [0.25, 0.3) is 0 Å². The van der Waals surface area contributed by atoms with E-state index in [0.29, 0.717) is 26.2 Å². The Kier molecular flexibility index (Phi) is 5.74. The fourth-order valence-electron chi connectivity index (χ4n) is 1.62. The fourth-order valence-corrected chi connectivity index (χ4v) is 3.13. The molecule has 1 aromatic rings. The molecule has 0 saturated heterocycles. The van der Waals surface area contributed by atoms with Crippen molar-refractivity contribution in [3.8, 4) is 0 Å². The van der Waals surface area contributed by atoms with Gasteiger partial charge in [-0.2, -0.15) is 4.31 Å². The van der Waals surface area contributed by atoms with Crippen molar-refractivity contribution in [3.63, 3.8) is 0 Å². The first-order valence-electron chi connectivity index (χ1n) is 5.84. The number of nitrogens with two attached hydrogens (primary N) is 1. The average Bonchev–Trinajstić information content (AvgIpc) is 2.39. The molecular weight excluding hydrogens is 252 g/mol. The molecule has 0 radical (unpaired) electrons. The number of methoxy groups -OCH3 is 1. The first kappa shape index (κ1) is 15.1. The largest absolute Gasteiger partial charge is 0.383 e. The van der Waals surface area contributed by atoms with Crippen molar-refractivity contribution in [2.45, 2.75) is 18.4 Å². The van der Waals surface area contributed by atoms with Gasteiger partial charge in [0.05, 0.1) is 11.5 Å². The van der Waals surface area contributed by atoms with Crippen molar-refractivity contribution < 1.29 is 13.2 Å². The zero-order valence-corrected chi connectivity index (χ0v) is 11.6. The van der Waals surface area contributed by atoms with Crippen molar-refractivity contribution >= 4 is 10.0 Å². The maximum absolute atomic E-state index is 12.4. The van der Waals surface area contributed by atoms with Crippen molar-refractivity contribution in [1.29, 1.82) is 0 Å². The second kappa shape index (κ2) is 6.84. The van der Waals surface area contributed by atoms with E-state index in [4.69, 9.17) is 10.5 Å². The first-order valence-corrected chi connectivity index (χ1v) is 7.28. The van der Waals surface area contributed by atoms with E-state index in [1.165, 1.54) is 4.31 Å². The molecule has 18 heavy (non-hydrogen) atoms. The van der Waals surface area contributed by atoms with E-state index in [9.17, 15) is 8.42 Å². The van der Waals surface area contributed by atoms with Gasteiger partial charge in [-0.05, 0) is 17.7 Å². The van der Waals surface area contributed by atoms with Crippen molar-refractivity contribution in [2.24, 2.45) is 5.73 Å². The molecule has 0 amide bonds. The van der Waals surface area contributed by atoms with Crippen molar-refractivity contribution in [1.82, 2.24) is 4.31 Å². The lowest BCUT2D eigenvalue weighted by molar-refractivity contribution is 0.180. The van der Waals surface area contributed by atoms with Crippen molar-refractivity contribution in [2.75, 3.05) is 26.8 Å². The number of benzene rings is 1. The molecule has 0 spiro atoms. The van der Waals surface area contributed by atoms with Gasteiger partial charge >= 0.3 is 0 Å². The minimum atomic E-state index is -3.46. The predicted octanol–water partition coefficient (Wildman–Crippen LogP) is 0.802. The monoisotopic (exact) mass is 272 g/mol. The molecule has 0 heterocycles. The number of nitrogens with zero attached hydrogens (tertiary/aromatic N) is 1. The van der Waals surface area contributed by atoms with Crippen LogP contribution in [0.1, 0.15) is 12.5 Å². The van der Waals surface area contributed by atoms with Gasteiger partial charge in [0.2, 0.25) is 10.0 Å². The summed E-state index contributed by atoms with van der Waals surface area (Å²) in [7, 11) is -1.91. The molecule has 0 aliphatic rings. The molecule has 0 atom stereocenters. The van der Waals surface area contributed by atoms with Crippen LogP contribution in [-0.2, 0) is 21.3 Å². The van der Waals surface area contributed by atoms with Gasteiger partial charge in [-0.15, -0.1) is 0 Å². The SMILES string of the molecule is CCN(CCOC)S(=O)(=O)c1cccc(CN)c1. The van der Waals surface area contributed by atoms with Crippen LogP contribution in [0.3, 0.4) is 0 Å². The third kappa shape index (κ3) is 3.52. The van der Waals surface area contributed by atoms with Crippen LogP contribution in [0.15, 0.2) is 29.2 Å². The minimum Gasteiger partial charge on any atom is -0.383 e. The maximum atomic E-state index is 12.4. The van der Waals surface area contributed by atoms with E-state index in [0.717, 1.165) is 5.56 Å². The van der Waals surface area contributed by atoms with Crippen molar-refractivity contribution in [3.05, 3.63) is 29.8 Å². The Hall–Kier alpha value is -0.950. The molecule has 0 bridgehead atoms. The lowest BCUT2D eigenvalue weighted by Gasteiger charge is -2.20. The molecule has 0 aliphatic carbocycles. The summed E-state index contributed by atoms with van der Waals surface area (Å²) in [5.74, 6) is 0. The highest BCUT2D eigenvalue weighted by atomic mass is 32.2. The van der Waals surface area contributed by atoms with Gasteiger partial charge in [-0.25, -0.2) is 8.42 Å². The van der Waals surface area contributed by atoms with E-state index >= 15 is 0 Å². The molecule has 0 saturated carbocycles. The Labute approximate surface area is 109 Å². The normalized spacial score (nSPS) is 12.0. The maximum Gasteiger partial charge on any atom is 0.243 e. The minimum absolute atomic E-state index is 0.281. The average molecular weight is 272 g/mol. The second-order valence-electron chi connectivity index (χ2n) is 3.84. The van der Waals surface area contributed by atoms with Gasteiger partial charge in [0, 0.05) is 26.7 Å². The summed E-state index contributed by atoms with van der Waals surface area (Å²) in [4.78, 5) is 0.281. The number of sulfonamides is 1. The summed E-state index contributed by atoms with van der Waals surface area (Å²) < 4.78 is 31.1. The molecule has 5 nitrogen and oxygen atoms in total. The summed E-state index contributed by atoms with van der Waals surface area (Å²) in [6, 6.07) is 6.72. The Bertz CT molecular complexity index is 474. The van der Waals surface area contributed by atoms with Gasteiger partial charge in [-0.3, -0.25) is 0 Å². The van der Waals surface area contributed by atoms with Gasteiger partial charge in [-0.1, -0.05) is 19.1 Å².